The highest BCUT2D eigenvalue weighted by Crippen LogP contribution is 2.27. The molecular formula is C15H22N2O2S. The molecule has 1 N–H and O–H groups in total. The lowest BCUT2D eigenvalue weighted by atomic mass is 10.1. The van der Waals surface area contributed by atoms with Crippen LogP contribution < -0.4 is 10.2 Å². The highest BCUT2D eigenvalue weighted by Gasteiger charge is 2.29. The molecule has 1 aliphatic carbocycles. The van der Waals surface area contributed by atoms with Crippen molar-refractivity contribution in [1.82, 2.24) is 5.32 Å². The van der Waals surface area contributed by atoms with E-state index in [2.05, 4.69) is 28.4 Å². The van der Waals surface area contributed by atoms with E-state index in [1.807, 2.05) is 13.0 Å². The number of sulfone groups is 1. The Balaban J connectivity index is 1.78. The lowest BCUT2D eigenvalue weighted by Crippen LogP contribution is -2.47. The number of rotatable bonds is 4. The summed E-state index contributed by atoms with van der Waals surface area (Å²) in [5, 5.41) is 3.54. The summed E-state index contributed by atoms with van der Waals surface area (Å²) in [5.41, 5.74) is 2.45. The van der Waals surface area contributed by atoms with E-state index in [1.165, 1.54) is 24.1 Å². The van der Waals surface area contributed by atoms with Crippen LogP contribution in [-0.2, 0) is 16.4 Å². The zero-order valence-electron chi connectivity index (χ0n) is 11.9. The van der Waals surface area contributed by atoms with E-state index in [9.17, 15) is 8.42 Å². The highest BCUT2D eigenvalue weighted by atomic mass is 32.2. The Morgan fingerprint density at radius 2 is 2.05 bits per heavy atom. The monoisotopic (exact) mass is 294 g/mol. The Hall–Kier alpha value is -1.07. The number of nitrogens with zero attached hydrogens (tertiary/aromatic N) is 1. The van der Waals surface area contributed by atoms with Crippen molar-refractivity contribution in [3.8, 4) is 0 Å². The van der Waals surface area contributed by atoms with Crippen molar-refractivity contribution in [2.45, 2.75) is 38.4 Å². The molecule has 1 unspecified atom stereocenters. The standard InChI is InChI=1S/C15H22N2O2S/c1-12-11-20(18,19)9-8-17(12)15-5-3-2-4-13(15)10-16-14-6-7-14/h2-5,12,14,16H,6-11H2,1H3. The number of hydrogen-bond donors (Lipinski definition) is 1. The summed E-state index contributed by atoms with van der Waals surface area (Å²) in [6.45, 7) is 3.47. The van der Waals surface area contributed by atoms with Crippen molar-refractivity contribution in [1.29, 1.82) is 0 Å². The third kappa shape index (κ3) is 3.15. The highest BCUT2D eigenvalue weighted by molar-refractivity contribution is 7.91. The minimum Gasteiger partial charge on any atom is -0.367 e. The van der Waals surface area contributed by atoms with Gasteiger partial charge in [-0.15, -0.1) is 0 Å². The van der Waals surface area contributed by atoms with E-state index in [4.69, 9.17) is 0 Å². The minimum atomic E-state index is -2.86. The second-order valence-electron chi connectivity index (χ2n) is 5.94. The Kier molecular flexibility index (Phi) is 3.73. The number of para-hydroxylation sites is 1. The average molecular weight is 294 g/mol. The number of hydrogen-bond acceptors (Lipinski definition) is 4. The van der Waals surface area contributed by atoms with Crippen LogP contribution >= 0.6 is 0 Å². The van der Waals surface area contributed by atoms with Gasteiger partial charge >= 0.3 is 0 Å². The van der Waals surface area contributed by atoms with E-state index in [0.717, 1.165) is 6.54 Å². The molecule has 0 bridgehead atoms. The summed E-state index contributed by atoms with van der Waals surface area (Å²) in [6, 6.07) is 9.07. The number of anilines is 1. The summed E-state index contributed by atoms with van der Waals surface area (Å²) in [7, 11) is -2.86. The van der Waals surface area contributed by atoms with Crippen molar-refractivity contribution >= 4 is 15.5 Å². The first kappa shape index (κ1) is 13.9. The van der Waals surface area contributed by atoms with E-state index < -0.39 is 9.84 Å². The predicted molar refractivity (Wildman–Crippen MR) is 81.8 cm³/mol. The fraction of sp³-hybridized carbons (Fsp3) is 0.600. The molecular weight excluding hydrogens is 272 g/mol. The quantitative estimate of drug-likeness (QED) is 0.915. The first-order valence-electron chi connectivity index (χ1n) is 7.33. The molecule has 2 fully saturated rings. The molecule has 5 heteroatoms. The molecule has 0 radical (unpaired) electrons. The maximum Gasteiger partial charge on any atom is 0.154 e. The molecule has 1 saturated heterocycles. The first-order chi connectivity index (χ1) is 9.55. The lowest BCUT2D eigenvalue weighted by Gasteiger charge is -2.36. The van der Waals surface area contributed by atoms with Crippen LogP contribution in [0.25, 0.3) is 0 Å². The minimum absolute atomic E-state index is 0.0517. The van der Waals surface area contributed by atoms with Crippen molar-refractivity contribution in [2.75, 3.05) is 23.0 Å². The molecule has 1 aromatic rings. The summed E-state index contributed by atoms with van der Waals surface area (Å²) in [6.07, 6.45) is 2.56. The van der Waals surface area contributed by atoms with Gasteiger partial charge in [0, 0.05) is 30.9 Å². The first-order valence-corrected chi connectivity index (χ1v) is 9.16. The van der Waals surface area contributed by atoms with Gasteiger partial charge in [0.15, 0.2) is 9.84 Å². The van der Waals surface area contributed by atoms with Crippen LogP contribution in [0.3, 0.4) is 0 Å². The van der Waals surface area contributed by atoms with Crippen molar-refractivity contribution in [2.24, 2.45) is 0 Å². The van der Waals surface area contributed by atoms with Gasteiger partial charge in [0.05, 0.1) is 11.5 Å². The zero-order valence-corrected chi connectivity index (χ0v) is 12.7. The molecule has 1 heterocycles. The van der Waals surface area contributed by atoms with E-state index in [-0.39, 0.29) is 17.5 Å². The van der Waals surface area contributed by atoms with Crippen LogP contribution in [0.2, 0.25) is 0 Å². The number of benzene rings is 1. The second kappa shape index (κ2) is 5.37. The van der Waals surface area contributed by atoms with Gasteiger partial charge in [-0.25, -0.2) is 8.42 Å². The van der Waals surface area contributed by atoms with Crippen LogP contribution in [0.15, 0.2) is 24.3 Å². The van der Waals surface area contributed by atoms with Crippen molar-refractivity contribution in [3.63, 3.8) is 0 Å². The molecule has 3 rings (SSSR count). The van der Waals surface area contributed by atoms with Crippen LogP contribution in [-0.4, -0.2) is 38.6 Å². The Morgan fingerprint density at radius 1 is 1.30 bits per heavy atom. The maximum atomic E-state index is 11.7. The molecule has 1 aromatic carbocycles. The van der Waals surface area contributed by atoms with Gasteiger partial charge in [-0.05, 0) is 31.4 Å². The Bertz CT molecular complexity index is 581. The topological polar surface area (TPSA) is 49.4 Å². The summed E-state index contributed by atoms with van der Waals surface area (Å²) in [4.78, 5) is 2.24. The molecule has 0 spiro atoms. The molecule has 110 valence electrons. The normalized spacial score (nSPS) is 25.6. The van der Waals surface area contributed by atoms with E-state index >= 15 is 0 Å². The largest absolute Gasteiger partial charge is 0.367 e. The molecule has 0 aromatic heterocycles. The molecule has 2 aliphatic rings. The van der Waals surface area contributed by atoms with Crippen molar-refractivity contribution in [3.05, 3.63) is 29.8 Å². The molecule has 20 heavy (non-hydrogen) atoms. The lowest BCUT2D eigenvalue weighted by molar-refractivity contribution is 0.567. The molecule has 0 amide bonds. The van der Waals surface area contributed by atoms with Gasteiger partial charge < -0.3 is 10.2 Å². The van der Waals surface area contributed by atoms with Gasteiger partial charge in [0.25, 0.3) is 0 Å². The fourth-order valence-corrected chi connectivity index (χ4v) is 4.40. The average Bonchev–Trinajstić information content (AvgIpc) is 3.20. The van der Waals surface area contributed by atoms with Crippen LogP contribution in [0.5, 0.6) is 0 Å². The fourth-order valence-electron chi connectivity index (χ4n) is 2.84. The van der Waals surface area contributed by atoms with Gasteiger partial charge in [0.2, 0.25) is 0 Å². The van der Waals surface area contributed by atoms with Crippen LogP contribution in [0.1, 0.15) is 25.3 Å². The van der Waals surface area contributed by atoms with Crippen LogP contribution in [0, 0.1) is 0 Å². The summed E-state index contributed by atoms with van der Waals surface area (Å²) < 4.78 is 23.4. The van der Waals surface area contributed by atoms with Gasteiger partial charge in [0.1, 0.15) is 0 Å². The predicted octanol–water partition coefficient (Wildman–Crippen LogP) is 1.56. The molecule has 1 saturated carbocycles. The van der Waals surface area contributed by atoms with E-state index in [0.29, 0.717) is 12.6 Å². The third-order valence-corrected chi connectivity index (χ3v) is 5.92. The van der Waals surface area contributed by atoms with Crippen LogP contribution in [0.4, 0.5) is 5.69 Å². The molecule has 4 nitrogen and oxygen atoms in total. The van der Waals surface area contributed by atoms with Gasteiger partial charge in [-0.2, -0.15) is 0 Å². The van der Waals surface area contributed by atoms with Gasteiger partial charge in [-0.3, -0.25) is 0 Å². The third-order valence-electron chi connectivity index (χ3n) is 4.13. The SMILES string of the molecule is CC1CS(=O)(=O)CCN1c1ccccc1CNC1CC1. The summed E-state index contributed by atoms with van der Waals surface area (Å²) in [5.74, 6) is 0.527. The number of nitrogens with one attached hydrogen (secondary N) is 1. The smallest absolute Gasteiger partial charge is 0.154 e. The second-order valence-corrected chi connectivity index (χ2v) is 8.17. The van der Waals surface area contributed by atoms with E-state index in [1.54, 1.807) is 0 Å². The summed E-state index contributed by atoms with van der Waals surface area (Å²) >= 11 is 0. The van der Waals surface area contributed by atoms with Crippen molar-refractivity contribution < 1.29 is 8.42 Å². The van der Waals surface area contributed by atoms with Gasteiger partial charge in [-0.1, -0.05) is 18.2 Å². The zero-order chi connectivity index (χ0) is 14.2. The Labute approximate surface area is 121 Å². The molecule has 1 aliphatic heterocycles. The molecule has 1 atom stereocenters. The Morgan fingerprint density at radius 3 is 2.75 bits per heavy atom. The maximum absolute atomic E-state index is 11.7.